The van der Waals surface area contributed by atoms with Gasteiger partial charge in [-0.25, -0.2) is 0 Å². The van der Waals surface area contributed by atoms with Gasteiger partial charge in [-0.2, -0.15) is 0 Å². The minimum atomic E-state index is -0.779. The van der Waals surface area contributed by atoms with Crippen molar-refractivity contribution in [1.29, 1.82) is 0 Å². The Hall–Kier alpha value is -1.87. The van der Waals surface area contributed by atoms with Crippen LogP contribution in [0.4, 0.5) is 0 Å². The first-order chi connectivity index (χ1) is 8.99. The van der Waals surface area contributed by atoms with Gasteiger partial charge in [-0.05, 0) is 36.2 Å². The third-order valence-corrected chi connectivity index (χ3v) is 3.29. The normalized spacial score (nSPS) is 11.7. The van der Waals surface area contributed by atoms with Crippen LogP contribution in [0.5, 0.6) is 0 Å². The van der Waals surface area contributed by atoms with E-state index in [0.717, 1.165) is 0 Å². The van der Waals surface area contributed by atoms with E-state index >= 15 is 0 Å². The zero-order valence-corrected chi connectivity index (χ0v) is 11.3. The molecule has 2 aromatic rings. The monoisotopic (exact) mass is 257 g/mol. The van der Waals surface area contributed by atoms with Gasteiger partial charge in [-0.3, -0.25) is 4.79 Å². The van der Waals surface area contributed by atoms with Crippen LogP contribution in [-0.2, 0) is 11.3 Å². The van der Waals surface area contributed by atoms with Gasteiger partial charge >= 0.3 is 5.97 Å². The van der Waals surface area contributed by atoms with Crippen molar-refractivity contribution < 1.29 is 9.90 Å². The minimum absolute atomic E-state index is 0.454. The predicted molar refractivity (Wildman–Crippen MR) is 77.1 cm³/mol. The number of carboxylic acid groups (broad SMARTS) is 1. The molecular weight excluding hydrogens is 238 g/mol. The third-order valence-electron chi connectivity index (χ3n) is 3.29. The van der Waals surface area contributed by atoms with E-state index in [0.29, 0.717) is 13.1 Å². The van der Waals surface area contributed by atoms with Gasteiger partial charge in [0.2, 0.25) is 0 Å². The largest absolute Gasteiger partial charge is 0.481 e. The lowest BCUT2D eigenvalue weighted by molar-refractivity contribution is -0.146. The fraction of sp³-hybridized carbons (Fsp3) is 0.312. The highest BCUT2D eigenvalue weighted by molar-refractivity contribution is 5.83. The number of hydrogen-bond acceptors (Lipinski definition) is 2. The Kier molecular flexibility index (Phi) is 3.86. The molecule has 2 aromatic carbocycles. The third kappa shape index (κ3) is 3.32. The molecule has 0 unspecified atom stereocenters. The SMILES string of the molecule is CC(C)(CNCc1ccc2ccccc2c1)C(=O)O. The van der Waals surface area contributed by atoms with Crippen molar-refractivity contribution in [2.75, 3.05) is 6.54 Å². The number of benzene rings is 2. The van der Waals surface area contributed by atoms with E-state index in [4.69, 9.17) is 5.11 Å². The molecule has 0 bridgehead atoms. The summed E-state index contributed by atoms with van der Waals surface area (Å²) in [7, 11) is 0. The number of aliphatic carboxylic acids is 1. The van der Waals surface area contributed by atoms with E-state index in [9.17, 15) is 4.79 Å². The van der Waals surface area contributed by atoms with E-state index in [1.54, 1.807) is 13.8 Å². The minimum Gasteiger partial charge on any atom is -0.481 e. The Morgan fingerprint density at radius 1 is 1.16 bits per heavy atom. The predicted octanol–water partition coefficient (Wildman–Crippen LogP) is 3.04. The summed E-state index contributed by atoms with van der Waals surface area (Å²) in [5.74, 6) is -0.779. The lowest BCUT2D eigenvalue weighted by Crippen LogP contribution is -2.35. The molecule has 0 aliphatic carbocycles. The van der Waals surface area contributed by atoms with E-state index < -0.39 is 11.4 Å². The van der Waals surface area contributed by atoms with E-state index in [2.05, 4.69) is 35.6 Å². The van der Waals surface area contributed by atoms with Crippen molar-refractivity contribution in [2.24, 2.45) is 5.41 Å². The molecule has 2 N–H and O–H groups in total. The summed E-state index contributed by atoms with van der Waals surface area (Å²) in [5.41, 5.74) is 0.427. The Morgan fingerprint density at radius 2 is 1.84 bits per heavy atom. The first kappa shape index (κ1) is 13.6. The number of carbonyl (C=O) groups is 1. The van der Waals surface area contributed by atoms with Crippen molar-refractivity contribution in [3.63, 3.8) is 0 Å². The summed E-state index contributed by atoms with van der Waals surface area (Å²) < 4.78 is 0. The fourth-order valence-corrected chi connectivity index (χ4v) is 1.94. The van der Waals surface area contributed by atoms with E-state index in [1.165, 1.54) is 16.3 Å². The number of carboxylic acids is 1. The molecule has 3 heteroatoms. The summed E-state index contributed by atoms with van der Waals surface area (Å²) in [5, 5.41) is 14.7. The lowest BCUT2D eigenvalue weighted by Gasteiger charge is -2.19. The maximum Gasteiger partial charge on any atom is 0.310 e. The molecule has 0 radical (unpaired) electrons. The second-order valence-electron chi connectivity index (χ2n) is 5.47. The van der Waals surface area contributed by atoms with Crippen molar-refractivity contribution in [2.45, 2.75) is 20.4 Å². The van der Waals surface area contributed by atoms with Gasteiger partial charge in [0.05, 0.1) is 5.41 Å². The molecule has 100 valence electrons. The lowest BCUT2D eigenvalue weighted by atomic mass is 9.94. The van der Waals surface area contributed by atoms with Crippen LogP contribution in [0, 0.1) is 5.41 Å². The van der Waals surface area contributed by atoms with Gasteiger partial charge in [0.1, 0.15) is 0 Å². The smallest absolute Gasteiger partial charge is 0.310 e. The molecule has 0 atom stereocenters. The molecule has 0 aliphatic rings. The molecule has 0 saturated carbocycles. The van der Waals surface area contributed by atoms with Gasteiger partial charge in [0.15, 0.2) is 0 Å². The van der Waals surface area contributed by atoms with Crippen LogP contribution in [0.25, 0.3) is 10.8 Å². The molecule has 0 fully saturated rings. The van der Waals surface area contributed by atoms with Gasteiger partial charge in [0.25, 0.3) is 0 Å². The summed E-state index contributed by atoms with van der Waals surface area (Å²) in [6.45, 7) is 4.59. The molecular formula is C16H19NO2. The topological polar surface area (TPSA) is 49.3 Å². The number of nitrogens with one attached hydrogen (secondary N) is 1. The van der Waals surface area contributed by atoms with Crippen molar-refractivity contribution in [3.05, 3.63) is 48.0 Å². The first-order valence-electron chi connectivity index (χ1n) is 6.41. The van der Waals surface area contributed by atoms with Crippen LogP contribution < -0.4 is 5.32 Å². The maximum atomic E-state index is 11.0. The average molecular weight is 257 g/mol. The highest BCUT2D eigenvalue weighted by atomic mass is 16.4. The molecule has 0 saturated heterocycles. The van der Waals surface area contributed by atoms with E-state index in [1.807, 2.05) is 12.1 Å². The van der Waals surface area contributed by atoms with E-state index in [-0.39, 0.29) is 0 Å². The standard InChI is InChI=1S/C16H19NO2/c1-16(2,15(18)19)11-17-10-12-7-8-13-5-3-4-6-14(13)9-12/h3-9,17H,10-11H2,1-2H3,(H,18,19). The zero-order valence-electron chi connectivity index (χ0n) is 11.3. The van der Waals surface area contributed by atoms with Crippen LogP contribution in [0.3, 0.4) is 0 Å². The fourth-order valence-electron chi connectivity index (χ4n) is 1.94. The molecule has 0 aromatic heterocycles. The van der Waals surface area contributed by atoms with Crippen molar-refractivity contribution in [3.8, 4) is 0 Å². The van der Waals surface area contributed by atoms with Crippen molar-refractivity contribution >= 4 is 16.7 Å². The van der Waals surface area contributed by atoms with Gasteiger partial charge in [0, 0.05) is 13.1 Å². The average Bonchev–Trinajstić information content (AvgIpc) is 2.38. The zero-order chi connectivity index (χ0) is 13.9. The maximum absolute atomic E-state index is 11.0. The summed E-state index contributed by atoms with van der Waals surface area (Å²) in [6, 6.07) is 14.5. The van der Waals surface area contributed by atoms with Gasteiger partial charge in [-0.15, -0.1) is 0 Å². The van der Waals surface area contributed by atoms with Crippen LogP contribution >= 0.6 is 0 Å². The highest BCUT2D eigenvalue weighted by Gasteiger charge is 2.26. The Balaban J connectivity index is 2.00. The first-order valence-corrected chi connectivity index (χ1v) is 6.41. The summed E-state index contributed by atoms with van der Waals surface area (Å²) >= 11 is 0. The Bertz CT molecular complexity index is 590. The van der Waals surface area contributed by atoms with Crippen LogP contribution in [0.2, 0.25) is 0 Å². The Labute approximate surface area is 113 Å². The summed E-state index contributed by atoms with van der Waals surface area (Å²) in [6.07, 6.45) is 0. The van der Waals surface area contributed by atoms with Crippen LogP contribution in [-0.4, -0.2) is 17.6 Å². The second kappa shape index (κ2) is 5.41. The van der Waals surface area contributed by atoms with Crippen molar-refractivity contribution in [1.82, 2.24) is 5.32 Å². The Morgan fingerprint density at radius 3 is 2.53 bits per heavy atom. The molecule has 19 heavy (non-hydrogen) atoms. The van der Waals surface area contributed by atoms with Crippen LogP contribution in [0.1, 0.15) is 19.4 Å². The number of hydrogen-bond donors (Lipinski definition) is 2. The highest BCUT2D eigenvalue weighted by Crippen LogP contribution is 2.16. The molecule has 0 amide bonds. The van der Waals surface area contributed by atoms with Gasteiger partial charge < -0.3 is 10.4 Å². The second-order valence-corrected chi connectivity index (χ2v) is 5.47. The molecule has 0 heterocycles. The molecule has 0 spiro atoms. The number of rotatable bonds is 5. The van der Waals surface area contributed by atoms with Gasteiger partial charge in [-0.1, -0.05) is 36.4 Å². The summed E-state index contributed by atoms with van der Waals surface area (Å²) in [4.78, 5) is 11.0. The molecule has 0 aliphatic heterocycles. The molecule has 2 rings (SSSR count). The number of fused-ring (bicyclic) bond motifs is 1. The van der Waals surface area contributed by atoms with Crippen LogP contribution in [0.15, 0.2) is 42.5 Å². The quantitative estimate of drug-likeness (QED) is 0.865. The molecule has 3 nitrogen and oxygen atoms in total.